The number of hydrogen-bond donors (Lipinski definition) is 1. The van der Waals surface area contributed by atoms with E-state index >= 15 is 0 Å². The molecule has 0 saturated carbocycles. The number of benzene rings is 2. The van der Waals surface area contributed by atoms with Crippen molar-refractivity contribution >= 4 is 17.7 Å². The van der Waals surface area contributed by atoms with E-state index in [1.807, 2.05) is 67.0 Å². The van der Waals surface area contributed by atoms with Crippen LogP contribution in [-0.4, -0.2) is 59.7 Å². The fourth-order valence-electron chi connectivity index (χ4n) is 5.24. The Morgan fingerprint density at radius 1 is 0.853 bits per heavy atom. The Labute approximate surface area is 202 Å². The van der Waals surface area contributed by atoms with Crippen LogP contribution in [0.3, 0.4) is 0 Å². The summed E-state index contributed by atoms with van der Waals surface area (Å²) < 4.78 is 0. The lowest BCUT2D eigenvalue weighted by atomic mass is 9.94. The minimum absolute atomic E-state index is 0.0157. The van der Waals surface area contributed by atoms with Gasteiger partial charge in [0.25, 0.3) is 11.8 Å². The van der Waals surface area contributed by atoms with Crippen LogP contribution in [0.15, 0.2) is 42.5 Å². The van der Waals surface area contributed by atoms with Gasteiger partial charge >= 0.3 is 0 Å². The SMILES string of the molecule is Cc1cc(C)cc(C(=O)N2CCCC(C(=O)N3CCC(NC(=O)c4ccccc4C)CC3)C2)c1. The smallest absolute Gasteiger partial charge is 0.253 e. The van der Waals surface area contributed by atoms with Crippen LogP contribution in [0, 0.1) is 26.7 Å². The van der Waals surface area contributed by atoms with Crippen molar-refractivity contribution in [3.63, 3.8) is 0 Å². The lowest BCUT2D eigenvalue weighted by molar-refractivity contribution is -0.138. The molecule has 1 N–H and O–H groups in total. The zero-order chi connectivity index (χ0) is 24.2. The highest BCUT2D eigenvalue weighted by Crippen LogP contribution is 2.23. The van der Waals surface area contributed by atoms with Gasteiger partial charge in [0.05, 0.1) is 5.92 Å². The molecule has 0 aliphatic carbocycles. The summed E-state index contributed by atoms with van der Waals surface area (Å²) in [6.45, 7) is 8.39. The number of aryl methyl sites for hydroxylation is 3. The van der Waals surface area contributed by atoms with Gasteiger partial charge in [0.2, 0.25) is 5.91 Å². The third-order valence-electron chi connectivity index (χ3n) is 7.06. The van der Waals surface area contributed by atoms with E-state index in [2.05, 4.69) is 11.4 Å². The van der Waals surface area contributed by atoms with E-state index in [-0.39, 0.29) is 29.7 Å². The number of nitrogens with zero attached hydrogens (tertiary/aromatic N) is 2. The fourth-order valence-corrected chi connectivity index (χ4v) is 5.24. The molecule has 2 aromatic carbocycles. The van der Waals surface area contributed by atoms with E-state index in [0.29, 0.717) is 37.3 Å². The second kappa shape index (κ2) is 10.4. The van der Waals surface area contributed by atoms with Crippen molar-refractivity contribution in [2.75, 3.05) is 26.2 Å². The van der Waals surface area contributed by atoms with Crippen LogP contribution in [-0.2, 0) is 4.79 Å². The number of piperidine rings is 2. The molecule has 3 amide bonds. The third kappa shape index (κ3) is 5.49. The van der Waals surface area contributed by atoms with Gasteiger partial charge in [-0.15, -0.1) is 0 Å². The molecular formula is C28H35N3O3. The summed E-state index contributed by atoms with van der Waals surface area (Å²) in [6.07, 6.45) is 3.16. The molecule has 4 rings (SSSR count). The summed E-state index contributed by atoms with van der Waals surface area (Å²) in [5, 5.41) is 3.13. The predicted molar refractivity (Wildman–Crippen MR) is 133 cm³/mol. The number of rotatable bonds is 4. The van der Waals surface area contributed by atoms with Crippen LogP contribution in [0.2, 0.25) is 0 Å². The Balaban J connectivity index is 1.31. The Kier molecular flexibility index (Phi) is 7.35. The number of amides is 3. The monoisotopic (exact) mass is 461 g/mol. The molecule has 2 aliphatic rings. The van der Waals surface area contributed by atoms with Gasteiger partial charge in [0, 0.05) is 43.3 Å². The van der Waals surface area contributed by atoms with Crippen molar-refractivity contribution < 1.29 is 14.4 Å². The maximum Gasteiger partial charge on any atom is 0.253 e. The standard InChI is InChI=1S/C28H35N3O3/c1-19-15-20(2)17-23(16-19)28(34)31-12-6-8-22(18-31)27(33)30-13-10-24(11-14-30)29-26(32)25-9-5-4-7-21(25)3/h4-5,7,9,15-17,22,24H,6,8,10-14,18H2,1-3H3,(H,29,32). The van der Waals surface area contributed by atoms with Crippen molar-refractivity contribution in [2.24, 2.45) is 5.92 Å². The third-order valence-corrected chi connectivity index (χ3v) is 7.06. The molecular weight excluding hydrogens is 426 g/mol. The molecule has 34 heavy (non-hydrogen) atoms. The van der Waals surface area contributed by atoms with Gasteiger partial charge in [-0.05, 0) is 70.2 Å². The molecule has 0 spiro atoms. The largest absolute Gasteiger partial charge is 0.349 e. The average Bonchev–Trinajstić information content (AvgIpc) is 2.83. The zero-order valence-corrected chi connectivity index (χ0v) is 20.5. The second-order valence-electron chi connectivity index (χ2n) is 9.85. The highest BCUT2D eigenvalue weighted by molar-refractivity contribution is 5.96. The summed E-state index contributed by atoms with van der Waals surface area (Å²) in [7, 11) is 0. The highest BCUT2D eigenvalue weighted by atomic mass is 16.2. The molecule has 6 nitrogen and oxygen atoms in total. The number of carbonyl (C=O) groups is 3. The van der Waals surface area contributed by atoms with Gasteiger partial charge in [0.1, 0.15) is 0 Å². The van der Waals surface area contributed by atoms with Crippen molar-refractivity contribution in [3.05, 3.63) is 70.3 Å². The molecule has 6 heteroatoms. The minimum atomic E-state index is -0.151. The Morgan fingerprint density at radius 3 is 2.21 bits per heavy atom. The van der Waals surface area contributed by atoms with Crippen LogP contribution in [0.1, 0.15) is 63.1 Å². The molecule has 2 aromatic rings. The lowest BCUT2D eigenvalue weighted by Crippen LogP contribution is -2.51. The highest BCUT2D eigenvalue weighted by Gasteiger charge is 2.33. The molecule has 180 valence electrons. The lowest BCUT2D eigenvalue weighted by Gasteiger charge is -2.38. The molecule has 1 atom stereocenters. The van der Waals surface area contributed by atoms with Crippen molar-refractivity contribution in [1.29, 1.82) is 0 Å². The zero-order valence-electron chi connectivity index (χ0n) is 20.5. The molecule has 0 bridgehead atoms. The summed E-state index contributed by atoms with van der Waals surface area (Å²) in [5.74, 6) is -0.0408. The first-order valence-corrected chi connectivity index (χ1v) is 12.3. The van der Waals surface area contributed by atoms with E-state index in [9.17, 15) is 14.4 Å². The first-order valence-electron chi connectivity index (χ1n) is 12.3. The van der Waals surface area contributed by atoms with Crippen molar-refractivity contribution in [3.8, 4) is 0 Å². The van der Waals surface area contributed by atoms with Gasteiger partial charge < -0.3 is 15.1 Å². The number of hydrogen-bond acceptors (Lipinski definition) is 3. The Hall–Kier alpha value is -3.15. The molecule has 0 radical (unpaired) electrons. The van der Waals surface area contributed by atoms with Gasteiger partial charge in [0.15, 0.2) is 0 Å². The maximum atomic E-state index is 13.3. The Morgan fingerprint density at radius 2 is 1.53 bits per heavy atom. The topological polar surface area (TPSA) is 69.7 Å². The number of nitrogens with one attached hydrogen (secondary N) is 1. The first-order chi connectivity index (χ1) is 16.3. The number of likely N-dealkylation sites (tertiary alicyclic amines) is 2. The van der Waals surface area contributed by atoms with E-state index in [4.69, 9.17) is 0 Å². The van der Waals surface area contributed by atoms with Crippen LogP contribution in [0.25, 0.3) is 0 Å². The molecule has 2 heterocycles. The normalized spacial score (nSPS) is 19.1. The predicted octanol–water partition coefficient (Wildman–Crippen LogP) is 3.89. The van der Waals surface area contributed by atoms with Crippen LogP contribution >= 0.6 is 0 Å². The van der Waals surface area contributed by atoms with Gasteiger partial charge in [-0.1, -0.05) is 35.4 Å². The van der Waals surface area contributed by atoms with Gasteiger partial charge in [-0.25, -0.2) is 0 Å². The Bertz CT molecular complexity index is 1050. The van der Waals surface area contributed by atoms with Crippen LogP contribution < -0.4 is 5.32 Å². The molecule has 2 aliphatic heterocycles. The fraction of sp³-hybridized carbons (Fsp3) is 0.464. The molecule has 0 aromatic heterocycles. The van der Waals surface area contributed by atoms with Crippen molar-refractivity contribution in [1.82, 2.24) is 15.1 Å². The average molecular weight is 462 g/mol. The van der Waals surface area contributed by atoms with E-state index in [1.165, 1.54) is 0 Å². The van der Waals surface area contributed by atoms with E-state index < -0.39 is 0 Å². The van der Waals surface area contributed by atoms with Crippen LogP contribution in [0.5, 0.6) is 0 Å². The quantitative estimate of drug-likeness (QED) is 0.751. The van der Waals surface area contributed by atoms with E-state index in [0.717, 1.165) is 42.4 Å². The van der Waals surface area contributed by atoms with E-state index in [1.54, 1.807) is 0 Å². The summed E-state index contributed by atoms with van der Waals surface area (Å²) >= 11 is 0. The molecule has 2 saturated heterocycles. The second-order valence-corrected chi connectivity index (χ2v) is 9.85. The maximum absolute atomic E-state index is 13.3. The minimum Gasteiger partial charge on any atom is -0.349 e. The van der Waals surface area contributed by atoms with Crippen LogP contribution in [0.4, 0.5) is 0 Å². The summed E-state index contributed by atoms with van der Waals surface area (Å²) in [4.78, 5) is 42.7. The summed E-state index contributed by atoms with van der Waals surface area (Å²) in [5.41, 5.74) is 4.52. The van der Waals surface area contributed by atoms with Crippen molar-refractivity contribution in [2.45, 2.75) is 52.5 Å². The van der Waals surface area contributed by atoms with Gasteiger partial charge in [-0.3, -0.25) is 14.4 Å². The first kappa shape index (κ1) is 24.0. The van der Waals surface area contributed by atoms with Gasteiger partial charge in [-0.2, -0.15) is 0 Å². The summed E-state index contributed by atoms with van der Waals surface area (Å²) in [6, 6.07) is 13.6. The molecule has 2 fully saturated rings. The number of carbonyl (C=O) groups excluding carboxylic acids is 3. The molecule has 1 unspecified atom stereocenters.